The van der Waals surface area contributed by atoms with Crippen molar-refractivity contribution in [2.24, 2.45) is 5.73 Å². The normalized spacial score (nSPS) is 14.7. The molecule has 1 unspecified atom stereocenters. The van der Waals surface area contributed by atoms with E-state index in [1.165, 1.54) is 13.0 Å². The van der Waals surface area contributed by atoms with Gasteiger partial charge in [0, 0.05) is 12.6 Å². The molecule has 0 aromatic heterocycles. The number of nitro groups is 1. The lowest BCUT2D eigenvalue weighted by atomic mass is 9.90. The van der Waals surface area contributed by atoms with Crippen molar-refractivity contribution in [1.82, 2.24) is 0 Å². The number of hydrogen-bond donors (Lipinski definition) is 2. The lowest BCUT2D eigenvalue weighted by Gasteiger charge is -2.23. The molecule has 0 fully saturated rings. The van der Waals surface area contributed by atoms with Gasteiger partial charge in [-0.2, -0.15) is 0 Å². The Bertz CT molecular complexity index is 388. The van der Waals surface area contributed by atoms with Crippen LogP contribution in [0.5, 0.6) is 0 Å². The fraction of sp³-hybridized carbons (Fsp3) is 0.400. The van der Waals surface area contributed by atoms with Gasteiger partial charge in [0.05, 0.1) is 10.5 Å². The first-order valence-electron chi connectivity index (χ1n) is 4.57. The van der Waals surface area contributed by atoms with Crippen molar-refractivity contribution in [1.29, 1.82) is 0 Å². The molecular weight excluding hydrogens is 196 g/mol. The van der Waals surface area contributed by atoms with E-state index in [-0.39, 0.29) is 17.8 Å². The topological polar surface area (TPSA) is 89.4 Å². The van der Waals surface area contributed by atoms with Crippen LogP contribution in [-0.2, 0) is 5.60 Å². The van der Waals surface area contributed by atoms with Crippen molar-refractivity contribution in [3.8, 4) is 0 Å². The summed E-state index contributed by atoms with van der Waals surface area (Å²) in [5.74, 6) is 0. The van der Waals surface area contributed by atoms with E-state index < -0.39 is 10.5 Å². The second-order valence-corrected chi connectivity index (χ2v) is 3.70. The second kappa shape index (κ2) is 3.96. The first-order chi connectivity index (χ1) is 6.90. The van der Waals surface area contributed by atoms with Crippen molar-refractivity contribution < 1.29 is 10.0 Å². The number of nitro benzene ring substituents is 1. The first-order valence-corrected chi connectivity index (χ1v) is 4.57. The number of hydrogen-bond acceptors (Lipinski definition) is 4. The second-order valence-electron chi connectivity index (χ2n) is 3.70. The summed E-state index contributed by atoms with van der Waals surface area (Å²) < 4.78 is 0. The van der Waals surface area contributed by atoms with Gasteiger partial charge < -0.3 is 10.8 Å². The monoisotopic (exact) mass is 210 g/mol. The summed E-state index contributed by atoms with van der Waals surface area (Å²) in [6, 6.07) is 4.67. The van der Waals surface area contributed by atoms with Crippen LogP contribution in [0.1, 0.15) is 18.1 Å². The van der Waals surface area contributed by atoms with Crippen LogP contribution < -0.4 is 5.73 Å². The molecule has 1 rings (SSSR count). The van der Waals surface area contributed by atoms with Gasteiger partial charge in [-0.15, -0.1) is 0 Å². The molecule has 1 aromatic carbocycles. The summed E-state index contributed by atoms with van der Waals surface area (Å²) in [6.45, 7) is 3.13. The molecule has 0 radical (unpaired) electrons. The Balaban J connectivity index is 3.44. The van der Waals surface area contributed by atoms with Crippen LogP contribution in [0.2, 0.25) is 0 Å². The van der Waals surface area contributed by atoms with E-state index in [1.54, 1.807) is 19.1 Å². The highest BCUT2D eigenvalue weighted by molar-refractivity contribution is 5.48. The minimum atomic E-state index is -1.37. The Kier molecular flexibility index (Phi) is 3.06. The predicted molar refractivity (Wildman–Crippen MR) is 56.5 cm³/mol. The van der Waals surface area contributed by atoms with Gasteiger partial charge in [-0.25, -0.2) is 0 Å². The summed E-state index contributed by atoms with van der Waals surface area (Å²) >= 11 is 0. The summed E-state index contributed by atoms with van der Waals surface area (Å²) in [5, 5.41) is 20.8. The Morgan fingerprint density at radius 2 is 2.20 bits per heavy atom. The van der Waals surface area contributed by atoms with E-state index in [9.17, 15) is 15.2 Å². The molecule has 0 saturated heterocycles. The summed E-state index contributed by atoms with van der Waals surface area (Å²) in [5.41, 5.74) is 4.90. The predicted octanol–water partition coefficient (Wildman–Crippen LogP) is 1.07. The number of aliphatic hydroxyl groups is 1. The molecule has 1 aromatic rings. The van der Waals surface area contributed by atoms with Gasteiger partial charge in [0.1, 0.15) is 5.60 Å². The highest BCUT2D eigenvalue weighted by Gasteiger charge is 2.31. The van der Waals surface area contributed by atoms with E-state index >= 15 is 0 Å². The van der Waals surface area contributed by atoms with Crippen molar-refractivity contribution in [3.63, 3.8) is 0 Å². The maximum atomic E-state index is 10.8. The van der Waals surface area contributed by atoms with Crippen LogP contribution in [0.25, 0.3) is 0 Å². The maximum Gasteiger partial charge on any atom is 0.275 e. The molecule has 0 bridgehead atoms. The number of benzene rings is 1. The summed E-state index contributed by atoms with van der Waals surface area (Å²) in [7, 11) is 0. The highest BCUT2D eigenvalue weighted by atomic mass is 16.6. The fourth-order valence-electron chi connectivity index (χ4n) is 1.61. The molecule has 0 amide bonds. The van der Waals surface area contributed by atoms with Crippen LogP contribution in [0.4, 0.5) is 5.69 Å². The smallest absolute Gasteiger partial charge is 0.275 e. The molecule has 82 valence electrons. The summed E-state index contributed by atoms with van der Waals surface area (Å²) in [6.07, 6.45) is 0. The third kappa shape index (κ3) is 2.14. The Hall–Kier alpha value is -1.46. The number of aryl methyl sites for hydroxylation is 1. The quantitative estimate of drug-likeness (QED) is 0.576. The molecule has 15 heavy (non-hydrogen) atoms. The Labute approximate surface area is 87.7 Å². The zero-order valence-corrected chi connectivity index (χ0v) is 8.73. The van der Waals surface area contributed by atoms with Crippen molar-refractivity contribution in [3.05, 3.63) is 39.4 Å². The molecule has 0 aliphatic carbocycles. The minimum Gasteiger partial charge on any atom is -0.384 e. The van der Waals surface area contributed by atoms with Crippen molar-refractivity contribution in [2.75, 3.05) is 6.54 Å². The largest absolute Gasteiger partial charge is 0.384 e. The molecule has 0 heterocycles. The van der Waals surface area contributed by atoms with Gasteiger partial charge in [0.2, 0.25) is 0 Å². The third-order valence-corrected chi connectivity index (χ3v) is 2.38. The maximum absolute atomic E-state index is 10.8. The number of nitrogens with two attached hydrogens (primary N) is 1. The molecule has 0 spiro atoms. The molecule has 0 aliphatic rings. The van der Waals surface area contributed by atoms with Crippen LogP contribution in [0.15, 0.2) is 18.2 Å². The average Bonchev–Trinajstić information content (AvgIpc) is 2.17. The molecule has 3 N–H and O–H groups in total. The lowest BCUT2D eigenvalue weighted by molar-refractivity contribution is -0.386. The molecule has 0 aliphatic heterocycles. The average molecular weight is 210 g/mol. The molecule has 1 atom stereocenters. The molecule has 5 heteroatoms. The van der Waals surface area contributed by atoms with Crippen LogP contribution >= 0.6 is 0 Å². The van der Waals surface area contributed by atoms with Crippen LogP contribution in [0, 0.1) is 17.0 Å². The van der Waals surface area contributed by atoms with Crippen LogP contribution in [-0.4, -0.2) is 16.6 Å². The minimum absolute atomic E-state index is 0.0569. The van der Waals surface area contributed by atoms with Gasteiger partial charge >= 0.3 is 0 Å². The molecule has 5 nitrogen and oxygen atoms in total. The molecular formula is C10H14N2O3. The van der Waals surface area contributed by atoms with E-state index in [0.29, 0.717) is 5.56 Å². The third-order valence-electron chi connectivity index (χ3n) is 2.38. The Morgan fingerprint density at radius 1 is 1.60 bits per heavy atom. The standard InChI is InChI=1S/C10H14N2O3/c1-7-4-3-5-8(12(14)15)9(7)10(2,13)6-11/h3-5,13H,6,11H2,1-2H3. The first kappa shape index (κ1) is 11.6. The SMILES string of the molecule is Cc1cccc([N+](=O)[O-])c1C(C)(O)CN. The van der Waals surface area contributed by atoms with E-state index in [2.05, 4.69) is 0 Å². The zero-order valence-electron chi connectivity index (χ0n) is 8.73. The highest BCUT2D eigenvalue weighted by Crippen LogP contribution is 2.31. The van der Waals surface area contributed by atoms with Gasteiger partial charge in [-0.1, -0.05) is 12.1 Å². The molecule has 0 saturated carbocycles. The Morgan fingerprint density at radius 3 is 2.67 bits per heavy atom. The van der Waals surface area contributed by atoms with Gasteiger partial charge in [-0.05, 0) is 19.4 Å². The van der Waals surface area contributed by atoms with E-state index in [1.807, 2.05) is 0 Å². The lowest BCUT2D eigenvalue weighted by Crippen LogP contribution is -2.32. The van der Waals surface area contributed by atoms with Gasteiger partial charge in [0.15, 0.2) is 0 Å². The number of nitrogens with zero attached hydrogens (tertiary/aromatic N) is 1. The number of rotatable bonds is 3. The van der Waals surface area contributed by atoms with Crippen LogP contribution in [0.3, 0.4) is 0 Å². The van der Waals surface area contributed by atoms with Crippen molar-refractivity contribution in [2.45, 2.75) is 19.4 Å². The summed E-state index contributed by atoms with van der Waals surface area (Å²) in [4.78, 5) is 10.3. The van der Waals surface area contributed by atoms with Crippen molar-refractivity contribution >= 4 is 5.69 Å². The van der Waals surface area contributed by atoms with Gasteiger partial charge in [-0.3, -0.25) is 10.1 Å². The zero-order chi connectivity index (χ0) is 11.6. The van der Waals surface area contributed by atoms with E-state index in [4.69, 9.17) is 5.73 Å². The fourth-order valence-corrected chi connectivity index (χ4v) is 1.61. The van der Waals surface area contributed by atoms with Gasteiger partial charge in [0.25, 0.3) is 5.69 Å². The van der Waals surface area contributed by atoms with E-state index in [0.717, 1.165) is 0 Å².